The number of urea groups is 1. The van der Waals surface area contributed by atoms with Crippen molar-refractivity contribution >= 4 is 34.2 Å². The molecule has 0 aliphatic carbocycles. The number of nitrogens with one attached hydrogen (secondary N) is 3. The minimum absolute atomic E-state index is 0.0889. The minimum atomic E-state index is -0.382. The topological polar surface area (TPSA) is 101 Å². The van der Waals surface area contributed by atoms with Crippen molar-refractivity contribution in [3.8, 4) is 5.69 Å². The number of hydrogen-bond donors (Lipinski definition) is 3. The lowest BCUT2D eigenvalue weighted by Gasteiger charge is -2.30. The van der Waals surface area contributed by atoms with Gasteiger partial charge in [0.15, 0.2) is 5.78 Å². The molecule has 0 bridgehead atoms. The maximum absolute atomic E-state index is 14.2. The van der Waals surface area contributed by atoms with Crippen molar-refractivity contribution in [2.45, 2.75) is 51.9 Å². The molecule has 3 aromatic carbocycles. The number of piperidine rings is 1. The molecule has 45 heavy (non-hydrogen) atoms. The van der Waals surface area contributed by atoms with Crippen LogP contribution in [0.3, 0.4) is 0 Å². The fraction of sp³-hybridized carbons (Fsp3) is 0.297. The molecule has 0 spiro atoms. The number of anilines is 2. The average molecular weight is 601 g/mol. The second-order valence-electron chi connectivity index (χ2n) is 13.0. The highest BCUT2D eigenvalue weighted by Crippen LogP contribution is 2.36. The summed E-state index contributed by atoms with van der Waals surface area (Å²) >= 11 is 0. The number of aryl methyl sites for hydroxylation is 1. The summed E-state index contributed by atoms with van der Waals surface area (Å²) in [6.07, 6.45) is 3.57. The van der Waals surface area contributed by atoms with Crippen LogP contribution in [0.2, 0.25) is 0 Å². The normalized spacial score (nSPS) is 14.7. The SMILES string of the molecule is Cc1ccc(-n2nc(C(C)(C)C)cc2NC(=O)Nc2cccc(C(C(=O)c3ccc4ncccc4c3)C3CCNCC3)c2)cc1. The van der Waals surface area contributed by atoms with E-state index in [-0.39, 0.29) is 29.1 Å². The van der Waals surface area contributed by atoms with E-state index >= 15 is 0 Å². The number of nitrogens with zero attached hydrogens (tertiary/aromatic N) is 3. The Bertz CT molecular complexity index is 1830. The molecular formula is C37H40N6O2. The van der Waals surface area contributed by atoms with E-state index in [1.54, 1.807) is 10.9 Å². The lowest BCUT2D eigenvalue weighted by Crippen LogP contribution is -2.33. The van der Waals surface area contributed by atoms with E-state index in [0.29, 0.717) is 17.1 Å². The third kappa shape index (κ3) is 6.81. The maximum Gasteiger partial charge on any atom is 0.324 e. The number of carbonyl (C=O) groups is 2. The van der Waals surface area contributed by atoms with Crippen molar-refractivity contribution in [2.75, 3.05) is 23.7 Å². The summed E-state index contributed by atoms with van der Waals surface area (Å²) in [5, 5.41) is 15.2. The van der Waals surface area contributed by atoms with Crippen LogP contribution in [0.4, 0.5) is 16.3 Å². The van der Waals surface area contributed by atoms with Gasteiger partial charge in [-0.25, -0.2) is 9.48 Å². The molecule has 3 N–H and O–H groups in total. The van der Waals surface area contributed by atoms with E-state index in [1.807, 2.05) is 91.9 Å². The second kappa shape index (κ2) is 12.7. The fourth-order valence-electron chi connectivity index (χ4n) is 6.03. The van der Waals surface area contributed by atoms with Crippen molar-refractivity contribution in [2.24, 2.45) is 5.92 Å². The lowest BCUT2D eigenvalue weighted by molar-refractivity contribution is 0.0916. The molecule has 1 fully saturated rings. The zero-order valence-corrected chi connectivity index (χ0v) is 26.3. The van der Waals surface area contributed by atoms with E-state index in [2.05, 4.69) is 41.7 Å². The summed E-state index contributed by atoms with van der Waals surface area (Å²) in [6.45, 7) is 10.1. The van der Waals surface area contributed by atoms with Gasteiger partial charge in [0.25, 0.3) is 0 Å². The number of aromatic nitrogens is 3. The Kier molecular flexibility index (Phi) is 8.50. The van der Waals surface area contributed by atoms with Gasteiger partial charge in [-0.05, 0) is 92.9 Å². The van der Waals surface area contributed by atoms with E-state index in [4.69, 9.17) is 5.10 Å². The van der Waals surface area contributed by atoms with Crippen LogP contribution < -0.4 is 16.0 Å². The third-order valence-corrected chi connectivity index (χ3v) is 8.53. The number of Topliss-reactive ketones (excluding diaryl/α,β-unsaturated/α-hetero) is 1. The van der Waals surface area contributed by atoms with Crippen LogP contribution in [0.5, 0.6) is 0 Å². The minimum Gasteiger partial charge on any atom is -0.317 e. The molecule has 0 saturated carbocycles. The van der Waals surface area contributed by atoms with Crippen molar-refractivity contribution < 1.29 is 9.59 Å². The smallest absolute Gasteiger partial charge is 0.317 e. The molecular weight excluding hydrogens is 560 g/mol. The number of ketones is 1. The number of carbonyl (C=O) groups excluding carboxylic acids is 2. The first-order valence-corrected chi connectivity index (χ1v) is 15.6. The largest absolute Gasteiger partial charge is 0.324 e. The number of rotatable bonds is 7. The number of amides is 2. The lowest BCUT2D eigenvalue weighted by atomic mass is 9.76. The van der Waals surface area contributed by atoms with Gasteiger partial charge in [0, 0.05) is 34.3 Å². The van der Waals surface area contributed by atoms with E-state index in [0.717, 1.165) is 59.3 Å². The van der Waals surface area contributed by atoms with Gasteiger partial charge >= 0.3 is 6.03 Å². The molecule has 5 aromatic rings. The molecule has 1 aliphatic heterocycles. The fourth-order valence-corrected chi connectivity index (χ4v) is 6.03. The third-order valence-electron chi connectivity index (χ3n) is 8.53. The summed E-state index contributed by atoms with van der Waals surface area (Å²) in [4.78, 5) is 32.0. The quantitative estimate of drug-likeness (QED) is 0.167. The summed E-state index contributed by atoms with van der Waals surface area (Å²) in [5.74, 6) is 0.521. The zero-order chi connectivity index (χ0) is 31.6. The molecule has 8 heteroatoms. The van der Waals surface area contributed by atoms with Gasteiger partial charge < -0.3 is 10.6 Å². The molecule has 1 atom stereocenters. The highest BCUT2D eigenvalue weighted by molar-refractivity contribution is 6.04. The van der Waals surface area contributed by atoms with Gasteiger partial charge in [-0.3, -0.25) is 15.1 Å². The number of hydrogen-bond acceptors (Lipinski definition) is 5. The van der Waals surface area contributed by atoms with Crippen LogP contribution in [0.25, 0.3) is 16.6 Å². The molecule has 3 heterocycles. The first-order chi connectivity index (χ1) is 21.7. The Morgan fingerprint density at radius 3 is 2.44 bits per heavy atom. The van der Waals surface area contributed by atoms with Crippen molar-refractivity contribution in [3.63, 3.8) is 0 Å². The predicted molar refractivity (Wildman–Crippen MR) is 180 cm³/mol. The average Bonchev–Trinajstić information content (AvgIpc) is 3.46. The number of benzene rings is 3. The highest BCUT2D eigenvalue weighted by atomic mass is 16.2. The van der Waals surface area contributed by atoms with Crippen LogP contribution in [-0.2, 0) is 5.41 Å². The first kappa shape index (κ1) is 30.2. The highest BCUT2D eigenvalue weighted by Gasteiger charge is 2.32. The van der Waals surface area contributed by atoms with Crippen molar-refractivity contribution in [3.05, 3.63) is 114 Å². The number of pyridine rings is 1. The molecule has 6 rings (SSSR count). The van der Waals surface area contributed by atoms with Crippen LogP contribution in [-0.4, -0.2) is 39.7 Å². The standard InChI is InChI=1S/C37H40N6O2/c1-24-10-13-30(14-11-24)43-33(23-32(42-43)37(2,3)4)41-36(45)40-29-9-5-7-27(22-29)34(25-16-19-38-20-17-25)35(44)28-12-15-31-26(21-28)8-6-18-39-31/h5-15,18,21-23,25,34,38H,16-17,19-20H2,1-4H3,(H2,40,41,45). The Morgan fingerprint density at radius 2 is 1.69 bits per heavy atom. The Labute approximate surface area is 264 Å². The first-order valence-electron chi connectivity index (χ1n) is 15.6. The van der Waals surface area contributed by atoms with Gasteiger partial charge in [0.2, 0.25) is 0 Å². The number of fused-ring (bicyclic) bond motifs is 1. The summed E-state index contributed by atoms with van der Waals surface area (Å²) in [7, 11) is 0. The van der Waals surface area contributed by atoms with Gasteiger partial charge in [0.05, 0.1) is 22.8 Å². The Balaban J connectivity index is 1.27. The summed E-state index contributed by atoms with van der Waals surface area (Å²) in [6, 6.07) is 26.9. The van der Waals surface area contributed by atoms with E-state index in [1.165, 1.54) is 0 Å². The molecule has 8 nitrogen and oxygen atoms in total. The molecule has 0 radical (unpaired) electrons. The van der Waals surface area contributed by atoms with Gasteiger partial charge in [-0.2, -0.15) is 5.10 Å². The van der Waals surface area contributed by atoms with Gasteiger partial charge in [-0.15, -0.1) is 0 Å². The zero-order valence-electron chi connectivity index (χ0n) is 26.3. The molecule has 1 aliphatic rings. The predicted octanol–water partition coefficient (Wildman–Crippen LogP) is 7.64. The maximum atomic E-state index is 14.2. The van der Waals surface area contributed by atoms with Crippen LogP contribution in [0.1, 0.15) is 66.7 Å². The second-order valence-corrected chi connectivity index (χ2v) is 13.0. The van der Waals surface area contributed by atoms with Crippen LogP contribution >= 0.6 is 0 Å². The molecule has 2 amide bonds. The summed E-state index contributed by atoms with van der Waals surface area (Å²) in [5.41, 5.74) is 5.74. The van der Waals surface area contributed by atoms with Gasteiger partial charge in [0.1, 0.15) is 5.82 Å². The molecule has 2 aromatic heterocycles. The Morgan fingerprint density at radius 1 is 0.911 bits per heavy atom. The monoisotopic (exact) mass is 600 g/mol. The Hall–Kier alpha value is -4.82. The van der Waals surface area contributed by atoms with E-state index < -0.39 is 0 Å². The molecule has 1 saturated heterocycles. The van der Waals surface area contributed by atoms with E-state index in [9.17, 15) is 9.59 Å². The molecule has 1 unspecified atom stereocenters. The van der Waals surface area contributed by atoms with Crippen LogP contribution in [0.15, 0.2) is 91.1 Å². The molecule has 230 valence electrons. The van der Waals surface area contributed by atoms with Crippen LogP contribution in [0, 0.1) is 12.8 Å². The van der Waals surface area contributed by atoms with Crippen molar-refractivity contribution in [1.29, 1.82) is 0 Å². The summed E-state index contributed by atoms with van der Waals surface area (Å²) < 4.78 is 1.76. The van der Waals surface area contributed by atoms with Crippen molar-refractivity contribution in [1.82, 2.24) is 20.1 Å². The van der Waals surface area contributed by atoms with Gasteiger partial charge in [-0.1, -0.05) is 56.7 Å².